The number of rotatable bonds is 3. The van der Waals surface area contributed by atoms with E-state index in [2.05, 4.69) is 5.32 Å². The molecule has 58 valence electrons. The zero-order chi connectivity index (χ0) is 8.15. The Bertz CT molecular complexity index is 160. The van der Waals surface area contributed by atoms with Gasteiger partial charge in [0.25, 0.3) is 0 Å². The molecule has 0 aliphatic carbocycles. The lowest BCUT2D eigenvalue weighted by Gasteiger charge is -2.03. The minimum Gasteiger partial charge on any atom is -0.390 e. The number of aliphatic hydroxyl groups is 1. The van der Waals surface area contributed by atoms with Gasteiger partial charge in [0.05, 0.1) is 12.3 Å². The molecule has 0 bridgehead atoms. The quantitative estimate of drug-likeness (QED) is 0.315. The van der Waals surface area contributed by atoms with Crippen LogP contribution in [0, 0.1) is 5.41 Å². The molecule has 0 aromatic rings. The molecule has 0 saturated carbocycles. The van der Waals surface area contributed by atoms with Gasteiger partial charge in [-0.2, -0.15) is 0 Å². The lowest BCUT2D eigenvalue weighted by Crippen LogP contribution is -2.19. The third-order valence-corrected chi connectivity index (χ3v) is 0.961. The maximum absolute atomic E-state index is 12.5. The summed E-state index contributed by atoms with van der Waals surface area (Å²) in [6.07, 6.45) is 0. The zero-order valence-corrected chi connectivity index (χ0v) is 5.61. The Morgan fingerprint density at radius 1 is 1.80 bits per heavy atom. The van der Waals surface area contributed by atoms with E-state index in [9.17, 15) is 4.39 Å². The van der Waals surface area contributed by atoms with E-state index in [0.29, 0.717) is 0 Å². The van der Waals surface area contributed by atoms with Crippen LogP contribution in [0.1, 0.15) is 0 Å². The van der Waals surface area contributed by atoms with E-state index in [1.165, 1.54) is 7.05 Å². The number of halogens is 1. The average molecular weight is 147 g/mol. The first-order valence-electron chi connectivity index (χ1n) is 2.65. The maximum atomic E-state index is 12.5. The van der Waals surface area contributed by atoms with Gasteiger partial charge in [-0.05, 0) is 0 Å². The van der Waals surface area contributed by atoms with Gasteiger partial charge < -0.3 is 16.2 Å². The number of likely N-dealkylation sites (N-methyl/N-ethyl adjacent to an activating group) is 1. The summed E-state index contributed by atoms with van der Waals surface area (Å²) in [7, 11) is 1.44. The molecule has 5 N–H and O–H groups in total. The molecule has 0 aliphatic heterocycles. The van der Waals surface area contributed by atoms with Crippen LogP contribution in [0.25, 0.3) is 0 Å². The Hall–Kier alpha value is -1.10. The Balaban J connectivity index is 4.43. The van der Waals surface area contributed by atoms with Crippen molar-refractivity contribution in [2.45, 2.75) is 0 Å². The van der Waals surface area contributed by atoms with Gasteiger partial charge in [-0.3, -0.25) is 5.41 Å². The molecule has 0 aromatic carbocycles. The monoisotopic (exact) mass is 147 g/mol. The molecule has 5 heteroatoms. The summed E-state index contributed by atoms with van der Waals surface area (Å²) in [4.78, 5) is 0. The zero-order valence-electron chi connectivity index (χ0n) is 5.61. The van der Waals surface area contributed by atoms with E-state index in [4.69, 9.17) is 16.2 Å². The van der Waals surface area contributed by atoms with Crippen LogP contribution in [0.3, 0.4) is 0 Å². The second-order valence-corrected chi connectivity index (χ2v) is 1.61. The second-order valence-electron chi connectivity index (χ2n) is 1.61. The van der Waals surface area contributed by atoms with Gasteiger partial charge in [0.1, 0.15) is 0 Å². The molecule has 0 aliphatic rings. The number of nitrogens with one attached hydrogen (secondary N) is 2. The van der Waals surface area contributed by atoms with Crippen LogP contribution >= 0.6 is 0 Å². The number of hydrogen-bond donors (Lipinski definition) is 4. The van der Waals surface area contributed by atoms with Gasteiger partial charge in [0.15, 0.2) is 11.7 Å². The maximum Gasteiger partial charge on any atom is 0.185 e. The van der Waals surface area contributed by atoms with Crippen molar-refractivity contribution >= 4 is 5.84 Å². The molecule has 0 fully saturated rings. The first kappa shape index (κ1) is 8.90. The van der Waals surface area contributed by atoms with Gasteiger partial charge in [-0.1, -0.05) is 0 Å². The summed E-state index contributed by atoms with van der Waals surface area (Å²) >= 11 is 0. The number of hydrogen-bond acceptors (Lipinski definition) is 3. The van der Waals surface area contributed by atoms with Crippen molar-refractivity contribution in [1.82, 2.24) is 5.32 Å². The van der Waals surface area contributed by atoms with Gasteiger partial charge >= 0.3 is 0 Å². The SMILES string of the molecule is CN/C(CO)=C(/F)C(=N)N. The van der Waals surface area contributed by atoms with E-state index >= 15 is 0 Å². The van der Waals surface area contributed by atoms with Crippen molar-refractivity contribution in [2.24, 2.45) is 5.73 Å². The Morgan fingerprint density at radius 3 is 2.40 bits per heavy atom. The Morgan fingerprint density at radius 2 is 2.30 bits per heavy atom. The highest BCUT2D eigenvalue weighted by molar-refractivity contribution is 5.92. The minimum atomic E-state index is -0.912. The van der Waals surface area contributed by atoms with E-state index in [1.54, 1.807) is 0 Å². The second kappa shape index (κ2) is 3.84. The lowest BCUT2D eigenvalue weighted by atomic mass is 10.3. The summed E-state index contributed by atoms with van der Waals surface area (Å²) in [5, 5.41) is 17.4. The summed E-state index contributed by atoms with van der Waals surface area (Å²) in [5.74, 6) is -1.59. The molecular formula is C5H10FN3O. The van der Waals surface area contributed by atoms with Crippen LogP contribution in [0.2, 0.25) is 0 Å². The summed E-state index contributed by atoms with van der Waals surface area (Å²) in [5.41, 5.74) is 4.71. The van der Waals surface area contributed by atoms with Crippen molar-refractivity contribution in [3.8, 4) is 0 Å². The van der Waals surface area contributed by atoms with Crippen LogP contribution in [0.4, 0.5) is 4.39 Å². The molecule has 0 radical (unpaired) electrons. The lowest BCUT2D eigenvalue weighted by molar-refractivity contribution is 0.319. The molecule has 0 unspecified atom stereocenters. The molecular weight excluding hydrogens is 137 g/mol. The highest BCUT2D eigenvalue weighted by Gasteiger charge is 2.05. The van der Waals surface area contributed by atoms with Crippen molar-refractivity contribution in [2.75, 3.05) is 13.7 Å². The van der Waals surface area contributed by atoms with E-state index in [1.807, 2.05) is 0 Å². The summed E-state index contributed by atoms with van der Waals surface area (Å²) in [6, 6.07) is 0. The van der Waals surface area contributed by atoms with Crippen LogP contribution < -0.4 is 11.1 Å². The van der Waals surface area contributed by atoms with Crippen LogP contribution in [-0.2, 0) is 0 Å². The molecule has 10 heavy (non-hydrogen) atoms. The van der Waals surface area contributed by atoms with Gasteiger partial charge in [0, 0.05) is 7.05 Å². The minimum absolute atomic E-state index is 0.0764. The summed E-state index contributed by atoms with van der Waals surface area (Å²) < 4.78 is 12.5. The van der Waals surface area contributed by atoms with E-state index < -0.39 is 18.3 Å². The topological polar surface area (TPSA) is 82.1 Å². The Labute approximate surface area is 58.0 Å². The standard InChI is InChI=1S/C5H10FN3O/c1-9-3(2-10)4(6)5(7)8/h9-10H,2H2,1H3,(H3,7,8)/b4-3+. The van der Waals surface area contributed by atoms with Gasteiger partial charge in [-0.25, -0.2) is 4.39 Å². The number of nitrogens with two attached hydrogens (primary N) is 1. The van der Waals surface area contributed by atoms with Crippen molar-refractivity contribution < 1.29 is 9.50 Å². The highest BCUT2D eigenvalue weighted by atomic mass is 19.1. The fourth-order valence-corrected chi connectivity index (χ4v) is 0.421. The smallest absolute Gasteiger partial charge is 0.185 e. The predicted molar refractivity (Wildman–Crippen MR) is 36.2 cm³/mol. The first-order chi connectivity index (χ1) is 4.63. The largest absolute Gasteiger partial charge is 0.390 e. The van der Waals surface area contributed by atoms with Crippen molar-refractivity contribution in [3.05, 3.63) is 11.5 Å². The number of amidine groups is 1. The molecule has 0 aromatic heterocycles. The van der Waals surface area contributed by atoms with E-state index in [-0.39, 0.29) is 5.70 Å². The first-order valence-corrected chi connectivity index (χ1v) is 2.65. The molecule has 0 atom stereocenters. The molecule has 0 saturated heterocycles. The highest BCUT2D eigenvalue weighted by Crippen LogP contribution is 2.00. The van der Waals surface area contributed by atoms with Crippen molar-refractivity contribution in [3.63, 3.8) is 0 Å². The Kier molecular flexibility index (Phi) is 3.42. The van der Waals surface area contributed by atoms with Crippen LogP contribution in [0.5, 0.6) is 0 Å². The third kappa shape index (κ3) is 2.02. The van der Waals surface area contributed by atoms with E-state index in [0.717, 1.165) is 0 Å². The normalized spacial score (nSPS) is 12.3. The fraction of sp³-hybridized carbons (Fsp3) is 0.400. The molecule has 4 nitrogen and oxygen atoms in total. The average Bonchev–Trinajstić information content (AvgIpc) is 1.90. The summed E-state index contributed by atoms with van der Waals surface area (Å²) in [6.45, 7) is -0.484. The molecule has 0 rings (SSSR count). The van der Waals surface area contributed by atoms with Gasteiger partial charge in [0.2, 0.25) is 0 Å². The molecule has 0 amide bonds. The van der Waals surface area contributed by atoms with Crippen molar-refractivity contribution in [1.29, 1.82) is 5.41 Å². The van der Waals surface area contributed by atoms with Crippen LogP contribution in [-0.4, -0.2) is 24.6 Å². The van der Waals surface area contributed by atoms with Crippen LogP contribution in [0.15, 0.2) is 11.5 Å². The third-order valence-electron chi connectivity index (χ3n) is 0.961. The molecule has 0 spiro atoms. The van der Waals surface area contributed by atoms with Gasteiger partial charge in [-0.15, -0.1) is 0 Å². The predicted octanol–water partition coefficient (Wildman–Crippen LogP) is -0.685. The molecule has 0 heterocycles. The fourth-order valence-electron chi connectivity index (χ4n) is 0.421. The number of aliphatic hydroxyl groups excluding tert-OH is 1.